The second kappa shape index (κ2) is 5.12. The van der Waals surface area contributed by atoms with Crippen LogP contribution in [0.15, 0.2) is 35.2 Å². The van der Waals surface area contributed by atoms with E-state index in [0.29, 0.717) is 11.8 Å². The van der Waals surface area contributed by atoms with Crippen LogP contribution in [0, 0.1) is 6.92 Å². The predicted octanol–water partition coefficient (Wildman–Crippen LogP) is 1.87. The smallest absolute Gasteiger partial charge is 0.290 e. The highest BCUT2D eigenvalue weighted by molar-refractivity contribution is 5.93. The molecule has 2 atom stereocenters. The Morgan fingerprint density at radius 2 is 2.00 bits per heavy atom. The summed E-state index contributed by atoms with van der Waals surface area (Å²) in [5.74, 6) is 1.24. The third-order valence-corrected chi connectivity index (χ3v) is 4.70. The van der Waals surface area contributed by atoms with Gasteiger partial charge in [-0.3, -0.25) is 4.79 Å². The normalized spacial score (nSPS) is 23.9. The lowest BCUT2D eigenvalue weighted by Gasteiger charge is -2.25. The topological polar surface area (TPSA) is 62.5 Å². The molecule has 2 fully saturated rings. The maximum absolute atomic E-state index is 12.7. The molecule has 6 heteroatoms. The summed E-state index contributed by atoms with van der Waals surface area (Å²) in [4.78, 5) is 25.6. The summed E-state index contributed by atoms with van der Waals surface area (Å²) < 4.78 is 5.37. The molecule has 0 saturated carbocycles. The number of amides is 1. The highest BCUT2D eigenvalue weighted by atomic mass is 16.3. The Balaban J connectivity index is 1.56. The van der Waals surface area contributed by atoms with Crippen molar-refractivity contribution in [1.29, 1.82) is 0 Å². The molecule has 2 saturated heterocycles. The number of hydrogen-bond donors (Lipinski definition) is 0. The molecule has 0 bridgehead atoms. The number of hydrogen-bond acceptors (Lipinski definition) is 5. The first-order valence-corrected chi connectivity index (χ1v) is 7.64. The SMILES string of the molecule is Cc1ccoc1C(=O)N1CC[C@@H]2[C@@H]1CCN2c1ncccn1. The summed E-state index contributed by atoms with van der Waals surface area (Å²) in [6.45, 7) is 3.56. The van der Waals surface area contributed by atoms with E-state index in [1.807, 2.05) is 24.0 Å². The van der Waals surface area contributed by atoms with Crippen molar-refractivity contribution in [2.24, 2.45) is 0 Å². The minimum Gasteiger partial charge on any atom is -0.459 e. The maximum Gasteiger partial charge on any atom is 0.290 e. The molecule has 2 aliphatic rings. The number of carbonyl (C=O) groups is 1. The van der Waals surface area contributed by atoms with Crippen molar-refractivity contribution in [2.45, 2.75) is 31.8 Å². The molecular weight excluding hydrogens is 280 g/mol. The van der Waals surface area contributed by atoms with E-state index in [-0.39, 0.29) is 11.9 Å². The monoisotopic (exact) mass is 298 g/mol. The van der Waals surface area contributed by atoms with Gasteiger partial charge in [0.05, 0.1) is 18.3 Å². The van der Waals surface area contributed by atoms with E-state index >= 15 is 0 Å². The van der Waals surface area contributed by atoms with E-state index in [0.717, 1.165) is 37.4 Å². The van der Waals surface area contributed by atoms with E-state index in [9.17, 15) is 4.79 Å². The van der Waals surface area contributed by atoms with Crippen molar-refractivity contribution in [3.05, 3.63) is 42.1 Å². The highest BCUT2D eigenvalue weighted by Gasteiger charge is 2.46. The lowest BCUT2D eigenvalue weighted by Crippen LogP contribution is -2.40. The first-order valence-electron chi connectivity index (χ1n) is 7.64. The van der Waals surface area contributed by atoms with Gasteiger partial charge in [-0.1, -0.05) is 0 Å². The number of rotatable bonds is 2. The fraction of sp³-hybridized carbons (Fsp3) is 0.438. The van der Waals surface area contributed by atoms with Gasteiger partial charge >= 0.3 is 0 Å². The zero-order valence-corrected chi connectivity index (χ0v) is 12.5. The molecule has 0 aliphatic carbocycles. The van der Waals surface area contributed by atoms with Crippen LogP contribution in [0.1, 0.15) is 29.0 Å². The van der Waals surface area contributed by atoms with Crippen LogP contribution in [0.4, 0.5) is 5.95 Å². The van der Waals surface area contributed by atoms with Gasteiger partial charge in [0.15, 0.2) is 5.76 Å². The minimum atomic E-state index is 0.00540. The summed E-state index contributed by atoms with van der Waals surface area (Å²) in [6, 6.07) is 4.18. The van der Waals surface area contributed by atoms with Gasteiger partial charge in [-0.15, -0.1) is 0 Å². The van der Waals surface area contributed by atoms with Gasteiger partial charge in [0.1, 0.15) is 0 Å². The molecule has 0 N–H and O–H groups in total. The largest absolute Gasteiger partial charge is 0.459 e. The third-order valence-electron chi connectivity index (χ3n) is 4.70. The molecule has 2 aromatic heterocycles. The first-order chi connectivity index (χ1) is 10.8. The fourth-order valence-electron chi connectivity index (χ4n) is 3.65. The molecule has 4 rings (SSSR count). The second-order valence-electron chi connectivity index (χ2n) is 5.89. The van der Waals surface area contributed by atoms with Crippen LogP contribution in [-0.2, 0) is 0 Å². The van der Waals surface area contributed by atoms with E-state index in [2.05, 4.69) is 14.9 Å². The van der Waals surface area contributed by atoms with Crippen LogP contribution in [0.3, 0.4) is 0 Å². The van der Waals surface area contributed by atoms with Gasteiger partial charge in [0, 0.05) is 31.0 Å². The number of carbonyl (C=O) groups excluding carboxylic acids is 1. The van der Waals surface area contributed by atoms with Crippen molar-refractivity contribution in [1.82, 2.24) is 14.9 Å². The van der Waals surface area contributed by atoms with Crippen molar-refractivity contribution in [3.63, 3.8) is 0 Å². The Hall–Kier alpha value is -2.37. The number of aromatic nitrogens is 2. The highest BCUT2D eigenvalue weighted by Crippen LogP contribution is 2.34. The first kappa shape index (κ1) is 13.3. The van der Waals surface area contributed by atoms with Gasteiger partial charge in [-0.05, 0) is 31.9 Å². The van der Waals surface area contributed by atoms with Crippen LogP contribution in [0.2, 0.25) is 0 Å². The summed E-state index contributed by atoms with van der Waals surface area (Å²) in [5.41, 5.74) is 0.898. The molecule has 0 unspecified atom stereocenters. The summed E-state index contributed by atoms with van der Waals surface area (Å²) in [7, 11) is 0. The number of furan rings is 1. The molecule has 2 aromatic rings. The summed E-state index contributed by atoms with van der Waals surface area (Å²) in [5, 5.41) is 0. The van der Waals surface area contributed by atoms with Gasteiger partial charge in [-0.2, -0.15) is 0 Å². The Morgan fingerprint density at radius 1 is 1.23 bits per heavy atom. The number of fused-ring (bicyclic) bond motifs is 1. The molecule has 0 spiro atoms. The summed E-state index contributed by atoms with van der Waals surface area (Å²) >= 11 is 0. The van der Waals surface area contributed by atoms with Crippen LogP contribution in [-0.4, -0.2) is 45.9 Å². The molecule has 0 aromatic carbocycles. The standard InChI is InChI=1S/C16H18N4O2/c1-11-5-10-22-14(11)15(21)19-8-3-13-12(19)4-9-20(13)16-17-6-2-7-18-16/h2,5-7,10,12-13H,3-4,8-9H2,1H3/t12-,13+/m0/s1. The van der Waals surface area contributed by atoms with Gasteiger partial charge in [-0.25, -0.2) is 9.97 Å². The Kier molecular flexibility index (Phi) is 3.10. The van der Waals surface area contributed by atoms with Crippen molar-refractivity contribution in [2.75, 3.05) is 18.0 Å². The molecule has 2 aliphatic heterocycles. The zero-order valence-electron chi connectivity index (χ0n) is 12.5. The number of aryl methyl sites for hydroxylation is 1. The second-order valence-corrected chi connectivity index (χ2v) is 5.89. The molecule has 1 amide bonds. The lowest BCUT2D eigenvalue weighted by molar-refractivity contribution is 0.0704. The van der Waals surface area contributed by atoms with Crippen molar-refractivity contribution >= 4 is 11.9 Å². The van der Waals surface area contributed by atoms with E-state index in [1.165, 1.54) is 0 Å². The molecular formula is C16H18N4O2. The maximum atomic E-state index is 12.7. The van der Waals surface area contributed by atoms with E-state index in [1.54, 1.807) is 18.7 Å². The molecule has 114 valence electrons. The lowest BCUT2D eigenvalue weighted by atomic mass is 10.1. The van der Waals surface area contributed by atoms with E-state index in [4.69, 9.17) is 4.42 Å². The summed E-state index contributed by atoms with van der Waals surface area (Å²) in [6.07, 6.45) is 7.01. The number of anilines is 1. The van der Waals surface area contributed by atoms with Crippen LogP contribution in [0.5, 0.6) is 0 Å². The molecule has 22 heavy (non-hydrogen) atoms. The average Bonchev–Trinajstić information content (AvgIpc) is 3.23. The number of likely N-dealkylation sites (tertiary alicyclic amines) is 1. The Morgan fingerprint density at radius 3 is 2.73 bits per heavy atom. The minimum absolute atomic E-state index is 0.00540. The van der Waals surface area contributed by atoms with Crippen LogP contribution >= 0.6 is 0 Å². The fourth-order valence-corrected chi connectivity index (χ4v) is 3.65. The number of nitrogens with zero attached hydrogens (tertiary/aromatic N) is 4. The molecule has 6 nitrogen and oxygen atoms in total. The average molecular weight is 298 g/mol. The zero-order chi connectivity index (χ0) is 15.1. The van der Waals surface area contributed by atoms with Gasteiger partial charge < -0.3 is 14.2 Å². The Labute approximate surface area is 128 Å². The van der Waals surface area contributed by atoms with Crippen molar-refractivity contribution < 1.29 is 9.21 Å². The molecule has 4 heterocycles. The quantitative estimate of drug-likeness (QED) is 0.847. The van der Waals surface area contributed by atoms with Crippen LogP contribution < -0.4 is 4.90 Å². The van der Waals surface area contributed by atoms with Gasteiger partial charge in [0.2, 0.25) is 5.95 Å². The van der Waals surface area contributed by atoms with Gasteiger partial charge in [0.25, 0.3) is 5.91 Å². The Bertz CT molecular complexity index is 684. The van der Waals surface area contributed by atoms with Crippen molar-refractivity contribution in [3.8, 4) is 0 Å². The molecule has 0 radical (unpaired) electrons. The van der Waals surface area contributed by atoms with Crippen LogP contribution in [0.25, 0.3) is 0 Å². The predicted molar refractivity (Wildman–Crippen MR) is 80.7 cm³/mol. The third kappa shape index (κ3) is 1.98. The van der Waals surface area contributed by atoms with E-state index < -0.39 is 0 Å².